The number of hydrogen-bond donors (Lipinski definition) is 0. The highest BCUT2D eigenvalue weighted by atomic mass is 16.6. The minimum Gasteiger partial charge on any atom is -0.423 e. The highest BCUT2D eigenvalue weighted by molar-refractivity contribution is 6.33. The summed E-state index contributed by atoms with van der Waals surface area (Å²) in [4.78, 5) is 114. The van der Waals surface area contributed by atoms with E-state index in [1.165, 1.54) is 58.9 Å². The average molecular weight is 901 g/mol. The van der Waals surface area contributed by atoms with E-state index in [-0.39, 0.29) is 50.5 Å². The van der Waals surface area contributed by atoms with Gasteiger partial charge in [-0.05, 0) is 94.3 Å². The molecule has 4 rings (SSSR count). The van der Waals surface area contributed by atoms with Gasteiger partial charge in [0.25, 0.3) is 0 Å². The topological polar surface area (TPSA) is 227 Å². The number of rotatable bonds is 17. The first kappa shape index (κ1) is 49.7. The number of ether oxygens (including phenoxy) is 8. The molecule has 66 heavy (non-hydrogen) atoms. The number of ketones is 1. The zero-order valence-corrected chi connectivity index (χ0v) is 36.4. The van der Waals surface area contributed by atoms with Crippen LogP contribution in [0.25, 0.3) is 11.1 Å². The van der Waals surface area contributed by atoms with Crippen LogP contribution >= 0.6 is 0 Å². The molecule has 0 N–H and O–H groups in total. The minimum atomic E-state index is -1.40. The lowest BCUT2D eigenvalue weighted by atomic mass is 10.1. The Morgan fingerprint density at radius 1 is 0.333 bits per heavy atom. The summed E-state index contributed by atoms with van der Waals surface area (Å²) < 4.78 is 42.7. The van der Waals surface area contributed by atoms with Crippen molar-refractivity contribution in [3.05, 3.63) is 145 Å². The van der Waals surface area contributed by atoms with Crippen LogP contribution in [0.4, 0.5) is 0 Å². The number of benzene rings is 4. The van der Waals surface area contributed by atoms with Crippen molar-refractivity contribution >= 4 is 53.5 Å². The van der Waals surface area contributed by atoms with Crippen LogP contribution in [0.5, 0.6) is 46.0 Å². The van der Waals surface area contributed by atoms with Gasteiger partial charge in [0.15, 0.2) is 23.0 Å². The lowest BCUT2D eigenvalue weighted by Gasteiger charge is -2.16. The van der Waals surface area contributed by atoms with E-state index < -0.39 is 88.0 Å². The third kappa shape index (κ3) is 13.0. The molecule has 0 atom stereocenters. The molecule has 0 saturated carbocycles. The van der Waals surface area contributed by atoms with Gasteiger partial charge in [-0.2, -0.15) is 0 Å². The number of carbonyl (C=O) groups excluding carboxylic acids is 9. The molecule has 0 aromatic heterocycles. The van der Waals surface area contributed by atoms with E-state index in [1.54, 1.807) is 24.3 Å². The normalized spacial score (nSPS) is 10.2. The fourth-order valence-corrected chi connectivity index (χ4v) is 4.75. The van der Waals surface area contributed by atoms with E-state index in [9.17, 15) is 43.2 Å². The first-order chi connectivity index (χ1) is 30.9. The van der Waals surface area contributed by atoms with Crippen molar-refractivity contribution in [1.29, 1.82) is 0 Å². The van der Waals surface area contributed by atoms with Gasteiger partial charge in [0.1, 0.15) is 11.5 Å². The lowest BCUT2D eigenvalue weighted by Crippen LogP contribution is -2.20. The molecule has 0 bridgehead atoms. The molecular formula is C49H40O17. The standard InChI is InChI=1S/C49H40O17/c1-24(2)42(51)61-36-20-32(21-37(62-43(52)25(3)4)40(36)65-46(55)28(9)10)48(57)59-34-16-12-30(13-17-34)31-14-18-35(19-15-31)60-49(58)33-22-38(63-44(53)26(5)6)41(66-47(56)29(11)50)39(23-33)64-45(54)27(7)8/h12-23H,1,3,5,7,9H2,2,4,6,8,10-11H3. The summed E-state index contributed by atoms with van der Waals surface area (Å²) in [5.41, 5.74) is 0.286. The van der Waals surface area contributed by atoms with Gasteiger partial charge in [0.05, 0.1) is 11.1 Å². The van der Waals surface area contributed by atoms with E-state index in [1.807, 2.05) is 0 Å². The van der Waals surface area contributed by atoms with Crippen molar-refractivity contribution in [1.82, 2.24) is 0 Å². The highest BCUT2D eigenvalue weighted by Gasteiger charge is 2.28. The molecule has 0 saturated heterocycles. The molecule has 0 unspecified atom stereocenters. The second-order valence-corrected chi connectivity index (χ2v) is 14.2. The predicted molar refractivity (Wildman–Crippen MR) is 233 cm³/mol. The van der Waals surface area contributed by atoms with Gasteiger partial charge < -0.3 is 37.9 Å². The Labute approximate surface area is 377 Å². The van der Waals surface area contributed by atoms with Crippen molar-refractivity contribution in [2.45, 2.75) is 41.5 Å². The van der Waals surface area contributed by atoms with Gasteiger partial charge in [0, 0.05) is 34.8 Å². The summed E-state index contributed by atoms with van der Waals surface area (Å²) in [6.07, 6.45) is 0. The zero-order chi connectivity index (χ0) is 49.2. The second-order valence-electron chi connectivity index (χ2n) is 14.2. The van der Waals surface area contributed by atoms with Crippen LogP contribution in [0.15, 0.2) is 134 Å². The number of Topliss-reactive ketones (excluding diaryl/α,β-unsaturated/α-hetero) is 1. The molecule has 0 aliphatic rings. The van der Waals surface area contributed by atoms with Crippen molar-refractivity contribution < 1.29 is 81.0 Å². The highest BCUT2D eigenvalue weighted by Crippen LogP contribution is 2.42. The van der Waals surface area contributed by atoms with Gasteiger partial charge in [-0.15, -0.1) is 0 Å². The maximum absolute atomic E-state index is 13.5. The molecule has 4 aromatic carbocycles. The maximum atomic E-state index is 13.5. The van der Waals surface area contributed by atoms with E-state index in [4.69, 9.17) is 37.9 Å². The van der Waals surface area contributed by atoms with E-state index in [0.717, 1.165) is 31.2 Å². The summed E-state index contributed by atoms with van der Waals surface area (Å²) in [5, 5.41) is 0. The minimum absolute atomic E-state index is 0.0318. The van der Waals surface area contributed by atoms with Gasteiger partial charge in [0.2, 0.25) is 17.3 Å². The maximum Gasteiger partial charge on any atom is 0.379 e. The van der Waals surface area contributed by atoms with Crippen LogP contribution in [0, 0.1) is 0 Å². The SMILES string of the molecule is C=C(C)C(=O)Oc1cc(C(=O)Oc2ccc(-c3ccc(OC(=O)c4cc(OC(=O)C(=C)C)c(OC(=O)C(C)=O)c(OC(=O)C(=C)C)c4)cc3)cc2)cc(OC(=O)C(=C)C)c1OC(=O)C(=C)C. The number of carbonyl (C=O) groups is 9. The Morgan fingerprint density at radius 2 is 0.576 bits per heavy atom. The molecule has 0 radical (unpaired) electrons. The summed E-state index contributed by atoms with van der Waals surface area (Å²) >= 11 is 0. The fraction of sp³-hybridized carbons (Fsp3) is 0.122. The summed E-state index contributed by atoms with van der Waals surface area (Å²) in [6, 6.07) is 16.2. The van der Waals surface area contributed by atoms with E-state index >= 15 is 0 Å². The molecule has 17 heteroatoms. The first-order valence-electron chi connectivity index (χ1n) is 19.1. The average Bonchev–Trinajstić information content (AvgIpc) is 3.25. The Kier molecular flexibility index (Phi) is 16.1. The Balaban J connectivity index is 1.60. The first-order valence-corrected chi connectivity index (χ1v) is 19.1. The third-order valence-corrected chi connectivity index (χ3v) is 8.21. The summed E-state index contributed by atoms with van der Waals surface area (Å²) in [5.74, 6) is -12.6. The second kappa shape index (κ2) is 21.4. The van der Waals surface area contributed by atoms with Crippen LogP contribution in [0.1, 0.15) is 62.3 Å². The Hall–Kier alpha value is -8.99. The third-order valence-electron chi connectivity index (χ3n) is 8.21. The molecule has 338 valence electrons. The summed E-state index contributed by atoms with van der Waals surface area (Å²) in [7, 11) is 0. The fourth-order valence-electron chi connectivity index (χ4n) is 4.75. The lowest BCUT2D eigenvalue weighted by molar-refractivity contribution is -0.146. The van der Waals surface area contributed by atoms with Crippen LogP contribution in [0.3, 0.4) is 0 Å². The molecular weight excluding hydrogens is 861 g/mol. The summed E-state index contributed by atoms with van der Waals surface area (Å²) in [6.45, 7) is 25.1. The van der Waals surface area contributed by atoms with E-state index in [2.05, 4.69) is 32.9 Å². The zero-order valence-electron chi connectivity index (χ0n) is 36.4. The molecule has 0 amide bonds. The Morgan fingerprint density at radius 3 is 0.818 bits per heavy atom. The molecule has 0 fully saturated rings. The van der Waals surface area contributed by atoms with Gasteiger partial charge in [-0.3, -0.25) is 4.79 Å². The quantitative estimate of drug-likeness (QED) is 0.0428. The van der Waals surface area contributed by atoms with Crippen molar-refractivity contribution in [3.8, 4) is 57.1 Å². The number of esters is 8. The van der Waals surface area contributed by atoms with Crippen molar-refractivity contribution in [2.75, 3.05) is 0 Å². The van der Waals surface area contributed by atoms with Gasteiger partial charge in [-0.25, -0.2) is 38.4 Å². The van der Waals surface area contributed by atoms with Crippen molar-refractivity contribution in [3.63, 3.8) is 0 Å². The van der Waals surface area contributed by atoms with Crippen LogP contribution in [-0.2, 0) is 33.6 Å². The Bertz CT molecular complexity index is 2500. The predicted octanol–water partition coefficient (Wildman–Crippen LogP) is 7.69. The van der Waals surface area contributed by atoms with Crippen LogP contribution in [-0.4, -0.2) is 53.5 Å². The van der Waals surface area contributed by atoms with E-state index in [0.29, 0.717) is 11.1 Å². The van der Waals surface area contributed by atoms with Crippen molar-refractivity contribution in [2.24, 2.45) is 0 Å². The molecule has 17 nitrogen and oxygen atoms in total. The molecule has 0 heterocycles. The largest absolute Gasteiger partial charge is 0.423 e. The van der Waals surface area contributed by atoms with Crippen LogP contribution < -0.4 is 37.9 Å². The van der Waals surface area contributed by atoms with Crippen LogP contribution in [0.2, 0.25) is 0 Å². The van der Waals surface area contributed by atoms with Gasteiger partial charge >= 0.3 is 47.8 Å². The molecule has 0 aliphatic carbocycles. The number of hydrogen-bond acceptors (Lipinski definition) is 17. The molecule has 0 aliphatic heterocycles. The van der Waals surface area contributed by atoms with Gasteiger partial charge in [-0.1, -0.05) is 57.2 Å². The molecule has 0 spiro atoms. The monoisotopic (exact) mass is 900 g/mol. The smallest absolute Gasteiger partial charge is 0.379 e. The molecule has 4 aromatic rings.